The summed E-state index contributed by atoms with van der Waals surface area (Å²) < 4.78 is 0. The minimum atomic E-state index is -0.547. The Balaban J connectivity index is 2.02. The van der Waals surface area contributed by atoms with Gasteiger partial charge in [0.15, 0.2) is 0 Å². The second kappa shape index (κ2) is 7.21. The van der Waals surface area contributed by atoms with E-state index < -0.39 is 5.97 Å². The number of rotatable bonds is 4. The zero-order chi connectivity index (χ0) is 15.9. The average molecular weight is 299 g/mol. The third-order valence-corrected chi connectivity index (χ3v) is 2.83. The number of hydrogen-bond acceptors (Lipinski definition) is 5. The van der Waals surface area contributed by atoms with Gasteiger partial charge in [0.05, 0.1) is 5.69 Å². The van der Waals surface area contributed by atoms with E-state index in [2.05, 4.69) is 10.3 Å². The first-order valence-electron chi connectivity index (χ1n) is 6.78. The minimum Gasteiger partial charge on any atom is -0.381 e. The highest BCUT2D eigenvalue weighted by Crippen LogP contribution is 2.19. The average Bonchev–Trinajstić information content (AvgIpc) is 2.52. The molecule has 1 aromatic heterocycles. The Morgan fingerprint density at radius 2 is 1.91 bits per heavy atom. The van der Waals surface area contributed by atoms with Crippen molar-refractivity contribution >= 4 is 23.3 Å². The van der Waals surface area contributed by atoms with Crippen LogP contribution in [-0.4, -0.2) is 16.9 Å². The van der Waals surface area contributed by atoms with Gasteiger partial charge in [0, 0.05) is 38.5 Å². The van der Waals surface area contributed by atoms with Crippen molar-refractivity contribution in [3.8, 4) is 0 Å². The third-order valence-electron chi connectivity index (χ3n) is 2.83. The Bertz CT molecular complexity index is 641. The molecule has 0 fully saturated rings. The van der Waals surface area contributed by atoms with Crippen LogP contribution in [-0.2, 0) is 21.0 Å². The highest BCUT2D eigenvalue weighted by molar-refractivity contribution is 5.91. The molecule has 0 atom stereocenters. The standard InChI is InChI=1S/C16H17N3O3/c1-12(20)19(22-13(2)21)16-7-5-15(6-8-16)18-11-14-4-3-9-17-10-14/h3-10,18H,11H2,1-2H3. The molecular weight excluding hydrogens is 282 g/mol. The lowest BCUT2D eigenvalue weighted by atomic mass is 10.2. The van der Waals surface area contributed by atoms with Crippen LogP contribution >= 0.6 is 0 Å². The number of carbonyl (C=O) groups is 2. The van der Waals surface area contributed by atoms with Crippen LogP contribution in [0.4, 0.5) is 11.4 Å². The van der Waals surface area contributed by atoms with Crippen LogP contribution in [0.2, 0.25) is 0 Å². The number of hydrogen-bond donors (Lipinski definition) is 1. The summed E-state index contributed by atoms with van der Waals surface area (Å²) in [5.74, 6) is -0.916. The zero-order valence-corrected chi connectivity index (χ0v) is 12.4. The molecule has 1 heterocycles. The lowest BCUT2D eigenvalue weighted by molar-refractivity contribution is -0.147. The first kappa shape index (κ1) is 15.5. The molecule has 0 saturated heterocycles. The number of anilines is 2. The summed E-state index contributed by atoms with van der Waals surface area (Å²) in [5, 5.41) is 4.21. The molecule has 2 rings (SSSR count). The SMILES string of the molecule is CC(=O)ON(C(C)=O)c1ccc(NCc2cccnc2)cc1. The summed E-state index contributed by atoms with van der Waals surface area (Å²) in [7, 11) is 0. The summed E-state index contributed by atoms with van der Waals surface area (Å²) in [6.07, 6.45) is 3.52. The number of pyridine rings is 1. The van der Waals surface area contributed by atoms with Gasteiger partial charge in [0.25, 0.3) is 5.91 Å². The van der Waals surface area contributed by atoms with Crippen molar-refractivity contribution in [2.45, 2.75) is 20.4 Å². The maximum absolute atomic E-state index is 11.5. The summed E-state index contributed by atoms with van der Waals surface area (Å²) in [6.45, 7) is 3.23. The van der Waals surface area contributed by atoms with Gasteiger partial charge in [-0.15, -0.1) is 5.06 Å². The van der Waals surface area contributed by atoms with E-state index >= 15 is 0 Å². The molecule has 0 saturated carbocycles. The minimum absolute atomic E-state index is 0.369. The number of nitrogens with one attached hydrogen (secondary N) is 1. The molecule has 1 amide bonds. The molecule has 1 aromatic carbocycles. The number of aromatic nitrogens is 1. The van der Waals surface area contributed by atoms with Gasteiger partial charge in [0.1, 0.15) is 0 Å². The monoisotopic (exact) mass is 299 g/mol. The molecule has 114 valence electrons. The van der Waals surface area contributed by atoms with Crippen LogP contribution in [0.3, 0.4) is 0 Å². The van der Waals surface area contributed by atoms with Crippen molar-refractivity contribution in [2.75, 3.05) is 10.4 Å². The highest BCUT2D eigenvalue weighted by Gasteiger charge is 2.14. The molecule has 0 bridgehead atoms. The van der Waals surface area contributed by atoms with E-state index in [4.69, 9.17) is 4.84 Å². The van der Waals surface area contributed by atoms with Crippen LogP contribution < -0.4 is 10.4 Å². The van der Waals surface area contributed by atoms with Gasteiger partial charge in [-0.3, -0.25) is 9.78 Å². The van der Waals surface area contributed by atoms with Crippen LogP contribution in [0.25, 0.3) is 0 Å². The van der Waals surface area contributed by atoms with Crippen molar-refractivity contribution in [1.29, 1.82) is 0 Å². The Kier molecular flexibility index (Phi) is 5.08. The van der Waals surface area contributed by atoms with Crippen LogP contribution in [0, 0.1) is 0 Å². The van der Waals surface area contributed by atoms with E-state index in [0.29, 0.717) is 12.2 Å². The molecule has 0 aliphatic heterocycles. The molecule has 22 heavy (non-hydrogen) atoms. The third kappa shape index (κ3) is 4.31. The quantitative estimate of drug-likeness (QED) is 0.878. The number of benzene rings is 1. The van der Waals surface area contributed by atoms with E-state index in [-0.39, 0.29) is 5.91 Å². The van der Waals surface area contributed by atoms with Crippen LogP contribution in [0.1, 0.15) is 19.4 Å². The molecule has 0 aliphatic carbocycles. The molecule has 0 spiro atoms. The summed E-state index contributed by atoms with van der Waals surface area (Å²) in [6, 6.07) is 10.9. The lowest BCUT2D eigenvalue weighted by Crippen LogP contribution is -2.30. The van der Waals surface area contributed by atoms with Gasteiger partial charge in [-0.25, -0.2) is 4.79 Å². The molecule has 6 nitrogen and oxygen atoms in total. The topological polar surface area (TPSA) is 71.5 Å². The van der Waals surface area contributed by atoms with Crippen molar-refractivity contribution in [3.63, 3.8) is 0 Å². The van der Waals surface area contributed by atoms with Gasteiger partial charge in [-0.2, -0.15) is 0 Å². The number of carbonyl (C=O) groups excluding carboxylic acids is 2. The van der Waals surface area contributed by atoms with E-state index in [1.807, 2.05) is 24.3 Å². The van der Waals surface area contributed by atoms with Gasteiger partial charge in [-0.1, -0.05) is 6.07 Å². The molecular formula is C16H17N3O3. The smallest absolute Gasteiger partial charge is 0.330 e. The second-order valence-electron chi connectivity index (χ2n) is 4.66. The largest absolute Gasteiger partial charge is 0.381 e. The fourth-order valence-corrected chi connectivity index (χ4v) is 1.85. The van der Waals surface area contributed by atoms with E-state index in [0.717, 1.165) is 16.3 Å². The van der Waals surface area contributed by atoms with Crippen LogP contribution in [0.5, 0.6) is 0 Å². The molecule has 0 aliphatic rings. The Morgan fingerprint density at radius 3 is 2.45 bits per heavy atom. The summed E-state index contributed by atoms with van der Waals surface area (Å²) in [5.41, 5.74) is 2.45. The maximum Gasteiger partial charge on any atom is 0.330 e. The predicted molar refractivity (Wildman–Crippen MR) is 82.9 cm³/mol. The first-order chi connectivity index (χ1) is 10.6. The highest BCUT2D eigenvalue weighted by atomic mass is 16.7. The van der Waals surface area contributed by atoms with Gasteiger partial charge >= 0.3 is 5.97 Å². The molecule has 0 radical (unpaired) electrons. The predicted octanol–water partition coefficient (Wildman–Crippen LogP) is 2.52. The van der Waals surface area contributed by atoms with E-state index in [1.54, 1.807) is 24.5 Å². The second-order valence-corrected chi connectivity index (χ2v) is 4.66. The molecule has 2 aromatic rings. The zero-order valence-electron chi connectivity index (χ0n) is 12.4. The lowest BCUT2D eigenvalue weighted by Gasteiger charge is -2.19. The van der Waals surface area contributed by atoms with Gasteiger partial charge in [0.2, 0.25) is 0 Å². The van der Waals surface area contributed by atoms with Gasteiger partial charge in [-0.05, 0) is 35.9 Å². The summed E-state index contributed by atoms with van der Waals surface area (Å²) in [4.78, 5) is 31.5. The fourth-order valence-electron chi connectivity index (χ4n) is 1.85. The van der Waals surface area contributed by atoms with E-state index in [9.17, 15) is 9.59 Å². The number of nitrogens with zero attached hydrogens (tertiary/aromatic N) is 2. The maximum atomic E-state index is 11.5. The fraction of sp³-hybridized carbons (Fsp3) is 0.188. The molecule has 0 unspecified atom stereocenters. The molecule has 6 heteroatoms. The Labute approximate surface area is 128 Å². The summed E-state index contributed by atoms with van der Waals surface area (Å²) >= 11 is 0. The van der Waals surface area contributed by atoms with E-state index in [1.165, 1.54) is 13.8 Å². The van der Waals surface area contributed by atoms with Crippen molar-refractivity contribution < 1.29 is 14.4 Å². The first-order valence-corrected chi connectivity index (χ1v) is 6.78. The number of amides is 1. The molecule has 1 N–H and O–H groups in total. The van der Waals surface area contributed by atoms with Crippen LogP contribution in [0.15, 0.2) is 48.8 Å². The Hall–Kier alpha value is -2.89. The van der Waals surface area contributed by atoms with Crippen molar-refractivity contribution in [3.05, 3.63) is 54.4 Å². The van der Waals surface area contributed by atoms with Crippen molar-refractivity contribution in [1.82, 2.24) is 4.98 Å². The normalized spacial score (nSPS) is 9.91. The Morgan fingerprint density at radius 1 is 1.18 bits per heavy atom. The van der Waals surface area contributed by atoms with Gasteiger partial charge < -0.3 is 10.2 Å². The van der Waals surface area contributed by atoms with Crippen molar-refractivity contribution in [2.24, 2.45) is 0 Å². The number of hydroxylamine groups is 1.